The van der Waals surface area contributed by atoms with E-state index in [0.29, 0.717) is 11.5 Å². The summed E-state index contributed by atoms with van der Waals surface area (Å²) in [5.41, 5.74) is 0.995. The standard InChI is InChI=1S/C14H10N6O2S2/c21-20(22)13-11(16-14-19(13)6-7-23-14)15-8-10-17-18-12(24-10)9-4-2-1-3-5-9/h1-7,15H,8H2. The Kier molecular flexibility index (Phi) is 3.67. The van der Waals surface area contributed by atoms with E-state index in [9.17, 15) is 10.1 Å². The zero-order chi connectivity index (χ0) is 16.5. The molecule has 0 fully saturated rings. The molecule has 120 valence electrons. The van der Waals surface area contributed by atoms with Gasteiger partial charge in [0.25, 0.3) is 4.96 Å². The van der Waals surface area contributed by atoms with Crippen molar-refractivity contribution in [2.75, 3.05) is 5.32 Å². The van der Waals surface area contributed by atoms with E-state index >= 15 is 0 Å². The van der Waals surface area contributed by atoms with Crippen molar-refractivity contribution in [3.8, 4) is 10.6 Å². The molecule has 24 heavy (non-hydrogen) atoms. The quantitative estimate of drug-likeness (QED) is 0.433. The first-order valence-electron chi connectivity index (χ1n) is 6.94. The molecular weight excluding hydrogens is 348 g/mol. The molecule has 1 N–H and O–H groups in total. The fraction of sp³-hybridized carbons (Fsp3) is 0.0714. The Labute approximate surface area is 143 Å². The van der Waals surface area contributed by atoms with E-state index in [2.05, 4.69) is 20.5 Å². The predicted octanol–water partition coefficient (Wildman–Crippen LogP) is 3.43. The number of fused-ring (bicyclic) bond motifs is 1. The first-order chi connectivity index (χ1) is 11.7. The number of imidazole rings is 1. The molecule has 0 radical (unpaired) electrons. The van der Waals surface area contributed by atoms with Gasteiger partial charge in [-0.15, -0.1) is 10.2 Å². The fourth-order valence-electron chi connectivity index (χ4n) is 2.25. The molecule has 4 rings (SSSR count). The van der Waals surface area contributed by atoms with Crippen molar-refractivity contribution < 1.29 is 4.92 Å². The van der Waals surface area contributed by atoms with Gasteiger partial charge in [-0.2, -0.15) is 9.38 Å². The van der Waals surface area contributed by atoms with Gasteiger partial charge in [0.05, 0.1) is 6.54 Å². The van der Waals surface area contributed by atoms with E-state index < -0.39 is 4.92 Å². The van der Waals surface area contributed by atoms with Gasteiger partial charge in [0.15, 0.2) is 0 Å². The largest absolute Gasteiger partial charge is 0.372 e. The maximum absolute atomic E-state index is 11.3. The SMILES string of the molecule is O=[N+]([O-])c1c(NCc2nnc(-c3ccccc3)s2)nc2sccn12. The van der Waals surface area contributed by atoms with Gasteiger partial charge in [-0.25, -0.2) is 0 Å². The number of thiazole rings is 1. The van der Waals surface area contributed by atoms with Crippen LogP contribution in [0.4, 0.5) is 11.6 Å². The smallest absolute Gasteiger partial charge is 0.358 e. The molecule has 3 heterocycles. The van der Waals surface area contributed by atoms with Crippen molar-refractivity contribution in [3.63, 3.8) is 0 Å². The van der Waals surface area contributed by atoms with Crippen molar-refractivity contribution in [1.82, 2.24) is 19.6 Å². The van der Waals surface area contributed by atoms with Gasteiger partial charge in [-0.3, -0.25) is 0 Å². The zero-order valence-electron chi connectivity index (χ0n) is 12.1. The Morgan fingerprint density at radius 2 is 2.08 bits per heavy atom. The fourth-order valence-corrected chi connectivity index (χ4v) is 3.74. The summed E-state index contributed by atoms with van der Waals surface area (Å²) in [4.78, 5) is 15.7. The summed E-state index contributed by atoms with van der Waals surface area (Å²) < 4.78 is 1.46. The van der Waals surface area contributed by atoms with Crippen LogP contribution in [-0.4, -0.2) is 24.5 Å². The summed E-state index contributed by atoms with van der Waals surface area (Å²) in [6, 6.07) is 9.75. The van der Waals surface area contributed by atoms with E-state index in [1.54, 1.807) is 11.6 Å². The lowest BCUT2D eigenvalue weighted by Gasteiger charge is -1.99. The van der Waals surface area contributed by atoms with Crippen LogP contribution < -0.4 is 5.32 Å². The summed E-state index contributed by atoms with van der Waals surface area (Å²) in [7, 11) is 0. The zero-order valence-corrected chi connectivity index (χ0v) is 13.8. The minimum atomic E-state index is -0.440. The highest BCUT2D eigenvalue weighted by Gasteiger charge is 2.23. The average molecular weight is 358 g/mol. The summed E-state index contributed by atoms with van der Waals surface area (Å²) in [5, 5.41) is 25.9. The van der Waals surface area contributed by atoms with Crippen LogP contribution in [0.2, 0.25) is 0 Å². The van der Waals surface area contributed by atoms with Crippen molar-refractivity contribution in [1.29, 1.82) is 0 Å². The van der Waals surface area contributed by atoms with Crippen LogP contribution in [0.5, 0.6) is 0 Å². The highest BCUT2D eigenvalue weighted by atomic mass is 32.1. The van der Waals surface area contributed by atoms with Gasteiger partial charge < -0.3 is 15.4 Å². The monoisotopic (exact) mass is 358 g/mol. The first-order valence-corrected chi connectivity index (χ1v) is 8.63. The Morgan fingerprint density at radius 3 is 2.88 bits per heavy atom. The van der Waals surface area contributed by atoms with E-state index in [0.717, 1.165) is 15.6 Å². The number of hydrogen-bond donors (Lipinski definition) is 1. The van der Waals surface area contributed by atoms with Gasteiger partial charge in [-0.1, -0.05) is 53.0 Å². The molecule has 0 unspecified atom stereocenters. The minimum absolute atomic E-state index is 0.0703. The second kappa shape index (κ2) is 5.98. The van der Waals surface area contributed by atoms with Gasteiger partial charge in [0.1, 0.15) is 16.2 Å². The van der Waals surface area contributed by atoms with Crippen LogP contribution in [0.3, 0.4) is 0 Å². The highest BCUT2D eigenvalue weighted by molar-refractivity contribution is 7.15. The van der Waals surface area contributed by atoms with Gasteiger partial charge in [0.2, 0.25) is 5.82 Å². The van der Waals surface area contributed by atoms with Crippen molar-refractivity contribution in [2.24, 2.45) is 0 Å². The highest BCUT2D eigenvalue weighted by Crippen LogP contribution is 2.29. The Morgan fingerprint density at radius 1 is 1.25 bits per heavy atom. The van der Waals surface area contributed by atoms with Gasteiger partial charge in [0, 0.05) is 10.9 Å². The van der Waals surface area contributed by atoms with Crippen LogP contribution in [0.15, 0.2) is 41.9 Å². The summed E-state index contributed by atoms with van der Waals surface area (Å²) in [6.07, 6.45) is 1.63. The number of benzene rings is 1. The number of rotatable bonds is 5. The van der Waals surface area contributed by atoms with Crippen molar-refractivity contribution in [3.05, 3.63) is 57.0 Å². The van der Waals surface area contributed by atoms with Crippen LogP contribution in [-0.2, 0) is 6.54 Å². The Hall–Kier alpha value is -2.85. The first kappa shape index (κ1) is 14.7. The minimum Gasteiger partial charge on any atom is -0.358 e. The van der Waals surface area contributed by atoms with Gasteiger partial charge in [-0.05, 0) is 4.92 Å². The molecule has 0 aliphatic heterocycles. The van der Waals surface area contributed by atoms with Crippen LogP contribution in [0, 0.1) is 10.1 Å². The second-order valence-electron chi connectivity index (χ2n) is 4.82. The molecule has 0 amide bonds. The topological polar surface area (TPSA) is 98.2 Å². The summed E-state index contributed by atoms with van der Waals surface area (Å²) in [6.45, 7) is 0.330. The van der Waals surface area contributed by atoms with Crippen LogP contribution in [0.25, 0.3) is 15.5 Å². The van der Waals surface area contributed by atoms with Gasteiger partial charge >= 0.3 is 5.82 Å². The Bertz CT molecular complexity index is 1010. The number of anilines is 1. The lowest BCUT2D eigenvalue weighted by molar-refractivity contribution is -0.389. The third-order valence-electron chi connectivity index (χ3n) is 3.30. The van der Waals surface area contributed by atoms with Crippen LogP contribution >= 0.6 is 22.7 Å². The normalized spacial score (nSPS) is 11.0. The molecule has 4 aromatic rings. The molecule has 1 aromatic carbocycles. The summed E-state index contributed by atoms with van der Waals surface area (Å²) >= 11 is 2.79. The van der Waals surface area contributed by atoms with E-state index in [-0.39, 0.29) is 11.6 Å². The molecule has 0 bridgehead atoms. The second-order valence-corrected chi connectivity index (χ2v) is 6.75. The van der Waals surface area contributed by atoms with Crippen LogP contribution in [0.1, 0.15) is 5.01 Å². The maximum Gasteiger partial charge on any atom is 0.372 e. The third kappa shape index (κ3) is 2.61. The summed E-state index contributed by atoms with van der Waals surface area (Å²) in [5.74, 6) is 0.169. The van der Waals surface area contributed by atoms with E-state index in [1.807, 2.05) is 30.3 Å². The molecule has 8 nitrogen and oxygen atoms in total. The molecule has 10 heteroatoms. The molecule has 0 atom stereocenters. The third-order valence-corrected chi connectivity index (χ3v) is 5.03. The molecule has 3 aromatic heterocycles. The lowest BCUT2D eigenvalue weighted by Crippen LogP contribution is -2.03. The number of hydrogen-bond acceptors (Lipinski definition) is 8. The Balaban J connectivity index is 1.56. The average Bonchev–Trinajstić information content (AvgIpc) is 3.28. The lowest BCUT2D eigenvalue weighted by atomic mass is 10.2. The maximum atomic E-state index is 11.3. The predicted molar refractivity (Wildman–Crippen MR) is 92.4 cm³/mol. The van der Waals surface area contributed by atoms with E-state index in [1.165, 1.54) is 27.1 Å². The number of nitrogens with zero attached hydrogens (tertiary/aromatic N) is 5. The van der Waals surface area contributed by atoms with Crippen molar-refractivity contribution >= 4 is 39.3 Å². The number of nitro groups is 1. The van der Waals surface area contributed by atoms with Crippen molar-refractivity contribution in [2.45, 2.75) is 6.54 Å². The molecule has 0 saturated carbocycles. The molecule has 0 aliphatic rings. The molecule has 0 spiro atoms. The number of nitrogens with one attached hydrogen (secondary N) is 1. The van der Waals surface area contributed by atoms with E-state index in [4.69, 9.17) is 0 Å². The molecule has 0 aliphatic carbocycles. The molecule has 0 saturated heterocycles. The molecular formula is C14H10N6O2S2. The number of aromatic nitrogens is 4.